The zero-order chi connectivity index (χ0) is 13.2. The third-order valence-electron chi connectivity index (χ3n) is 3.18. The van der Waals surface area contributed by atoms with Gasteiger partial charge in [-0.15, -0.1) is 11.3 Å². The second-order valence-electron chi connectivity index (χ2n) is 4.78. The van der Waals surface area contributed by atoms with Gasteiger partial charge in [-0.3, -0.25) is 4.79 Å². The first kappa shape index (κ1) is 12.8. The fraction of sp³-hybridized carbons (Fsp3) is 0.267. The van der Waals surface area contributed by atoms with Crippen LogP contribution in [0.15, 0.2) is 41.8 Å². The van der Waals surface area contributed by atoms with Crippen molar-refractivity contribution in [1.29, 1.82) is 0 Å². The molecule has 0 aliphatic heterocycles. The van der Waals surface area contributed by atoms with Gasteiger partial charge in [0.25, 0.3) is 0 Å². The summed E-state index contributed by atoms with van der Waals surface area (Å²) in [6.07, 6.45) is 0.518. The molecule has 1 heterocycles. The van der Waals surface area contributed by atoms with E-state index in [9.17, 15) is 9.90 Å². The summed E-state index contributed by atoms with van der Waals surface area (Å²) in [4.78, 5) is 12.5. The van der Waals surface area contributed by atoms with Crippen molar-refractivity contribution in [2.24, 2.45) is 0 Å². The number of thiophene rings is 1. The van der Waals surface area contributed by atoms with Gasteiger partial charge in [0.1, 0.15) is 5.41 Å². The first-order valence-electron chi connectivity index (χ1n) is 5.85. The van der Waals surface area contributed by atoms with Gasteiger partial charge in [-0.25, -0.2) is 0 Å². The van der Waals surface area contributed by atoms with E-state index in [1.165, 1.54) is 11.3 Å². The Kier molecular flexibility index (Phi) is 3.53. The van der Waals surface area contributed by atoms with Gasteiger partial charge in [0, 0.05) is 4.88 Å². The molecule has 3 heteroatoms. The summed E-state index contributed by atoms with van der Waals surface area (Å²) in [5.41, 5.74) is 1.38. The Balaban J connectivity index is 2.36. The summed E-state index contributed by atoms with van der Waals surface area (Å²) in [5.74, 6) is -0.772. The van der Waals surface area contributed by atoms with E-state index in [1.54, 1.807) is 6.92 Å². The van der Waals surface area contributed by atoms with Crippen molar-refractivity contribution in [3.8, 4) is 0 Å². The van der Waals surface area contributed by atoms with Crippen molar-refractivity contribution in [2.75, 3.05) is 0 Å². The molecule has 1 aromatic heterocycles. The average molecular weight is 260 g/mol. The molecule has 0 saturated carbocycles. The maximum absolute atomic E-state index is 11.6. The maximum Gasteiger partial charge on any atom is 0.315 e. The standard InChI is InChI=1S/C15H16O2S/c1-11-5-3-6-12(9-11)10-15(2,14(16)17)13-7-4-8-18-13/h3-9H,10H2,1-2H3,(H,16,17). The quantitative estimate of drug-likeness (QED) is 0.911. The topological polar surface area (TPSA) is 37.3 Å². The summed E-state index contributed by atoms with van der Waals surface area (Å²) in [7, 11) is 0. The lowest BCUT2D eigenvalue weighted by atomic mass is 9.82. The molecule has 1 unspecified atom stereocenters. The first-order chi connectivity index (χ1) is 8.52. The minimum absolute atomic E-state index is 0.518. The number of aliphatic carboxylic acids is 1. The summed E-state index contributed by atoms with van der Waals surface area (Å²) in [6, 6.07) is 11.8. The number of hydrogen-bond donors (Lipinski definition) is 1. The Morgan fingerprint density at radius 2 is 2.11 bits per heavy atom. The zero-order valence-corrected chi connectivity index (χ0v) is 11.3. The summed E-state index contributed by atoms with van der Waals surface area (Å²) in [6.45, 7) is 3.82. The van der Waals surface area contributed by atoms with Gasteiger partial charge in [0.2, 0.25) is 0 Å². The smallest absolute Gasteiger partial charge is 0.315 e. The Morgan fingerprint density at radius 3 is 2.67 bits per heavy atom. The molecular formula is C15H16O2S. The molecule has 94 valence electrons. The highest BCUT2D eigenvalue weighted by Gasteiger charge is 2.36. The van der Waals surface area contributed by atoms with E-state index in [-0.39, 0.29) is 0 Å². The molecule has 18 heavy (non-hydrogen) atoms. The van der Waals surface area contributed by atoms with Crippen LogP contribution in [0.3, 0.4) is 0 Å². The molecule has 2 nitrogen and oxygen atoms in total. The fourth-order valence-electron chi connectivity index (χ4n) is 2.09. The molecular weight excluding hydrogens is 244 g/mol. The Morgan fingerprint density at radius 1 is 1.33 bits per heavy atom. The van der Waals surface area contributed by atoms with Crippen LogP contribution in [0.4, 0.5) is 0 Å². The van der Waals surface area contributed by atoms with Gasteiger partial charge in [-0.2, -0.15) is 0 Å². The van der Waals surface area contributed by atoms with Crippen molar-refractivity contribution in [3.05, 3.63) is 57.8 Å². The average Bonchev–Trinajstić information content (AvgIpc) is 2.82. The molecule has 1 atom stereocenters. The molecule has 0 fully saturated rings. The molecule has 1 aromatic carbocycles. The van der Waals surface area contributed by atoms with Gasteiger partial charge in [0.15, 0.2) is 0 Å². The highest BCUT2D eigenvalue weighted by atomic mass is 32.1. The van der Waals surface area contributed by atoms with Crippen LogP contribution in [0.25, 0.3) is 0 Å². The van der Waals surface area contributed by atoms with E-state index in [2.05, 4.69) is 6.07 Å². The van der Waals surface area contributed by atoms with Gasteiger partial charge in [-0.05, 0) is 37.3 Å². The van der Waals surface area contributed by atoms with E-state index in [0.717, 1.165) is 16.0 Å². The van der Waals surface area contributed by atoms with Crippen LogP contribution >= 0.6 is 11.3 Å². The van der Waals surface area contributed by atoms with Crippen molar-refractivity contribution in [2.45, 2.75) is 25.7 Å². The van der Waals surface area contributed by atoms with Gasteiger partial charge >= 0.3 is 5.97 Å². The number of aryl methyl sites for hydroxylation is 1. The Bertz CT molecular complexity index is 545. The SMILES string of the molecule is Cc1cccc(CC(C)(C(=O)O)c2cccs2)c1. The van der Waals surface area contributed by atoms with Gasteiger partial charge in [0.05, 0.1) is 0 Å². The van der Waals surface area contributed by atoms with Gasteiger partial charge < -0.3 is 5.11 Å². The van der Waals surface area contributed by atoms with Crippen LogP contribution in [-0.2, 0) is 16.6 Å². The van der Waals surface area contributed by atoms with Crippen LogP contribution < -0.4 is 0 Å². The monoisotopic (exact) mass is 260 g/mol. The van der Waals surface area contributed by atoms with E-state index < -0.39 is 11.4 Å². The Labute approximate surface area is 111 Å². The lowest BCUT2D eigenvalue weighted by Gasteiger charge is -2.23. The number of carboxylic acid groups (broad SMARTS) is 1. The molecule has 0 radical (unpaired) electrons. The number of benzene rings is 1. The highest BCUT2D eigenvalue weighted by molar-refractivity contribution is 7.10. The van der Waals surface area contributed by atoms with E-state index in [0.29, 0.717) is 6.42 Å². The number of rotatable bonds is 4. The van der Waals surface area contributed by atoms with Crippen LogP contribution in [0.5, 0.6) is 0 Å². The third-order valence-corrected chi connectivity index (χ3v) is 4.31. The van der Waals surface area contributed by atoms with Crippen molar-refractivity contribution < 1.29 is 9.90 Å². The second-order valence-corrected chi connectivity index (χ2v) is 5.73. The number of carboxylic acids is 1. The van der Waals surface area contributed by atoms with E-state index >= 15 is 0 Å². The summed E-state index contributed by atoms with van der Waals surface area (Å²) >= 11 is 1.50. The molecule has 2 aromatic rings. The molecule has 2 rings (SSSR count). The van der Waals surface area contributed by atoms with Crippen LogP contribution in [0, 0.1) is 6.92 Å². The summed E-state index contributed by atoms with van der Waals surface area (Å²) < 4.78 is 0. The van der Waals surface area contributed by atoms with Crippen molar-refractivity contribution >= 4 is 17.3 Å². The summed E-state index contributed by atoms with van der Waals surface area (Å²) in [5, 5.41) is 11.5. The first-order valence-corrected chi connectivity index (χ1v) is 6.73. The Hall–Kier alpha value is -1.61. The molecule has 0 saturated heterocycles. The van der Waals surface area contributed by atoms with Crippen LogP contribution in [-0.4, -0.2) is 11.1 Å². The molecule has 0 spiro atoms. The molecule has 1 N–H and O–H groups in total. The molecule has 0 aliphatic rings. The fourth-order valence-corrected chi connectivity index (χ4v) is 2.97. The number of hydrogen-bond acceptors (Lipinski definition) is 2. The van der Waals surface area contributed by atoms with Crippen LogP contribution in [0.1, 0.15) is 22.9 Å². The highest BCUT2D eigenvalue weighted by Crippen LogP contribution is 2.32. The van der Waals surface area contributed by atoms with Gasteiger partial charge in [-0.1, -0.05) is 35.9 Å². The third kappa shape index (κ3) is 2.46. The van der Waals surface area contributed by atoms with Crippen molar-refractivity contribution in [1.82, 2.24) is 0 Å². The lowest BCUT2D eigenvalue weighted by molar-refractivity contribution is -0.143. The van der Waals surface area contributed by atoms with Crippen LogP contribution in [0.2, 0.25) is 0 Å². The largest absolute Gasteiger partial charge is 0.481 e. The van der Waals surface area contributed by atoms with E-state index in [4.69, 9.17) is 0 Å². The maximum atomic E-state index is 11.6. The minimum atomic E-state index is -0.845. The van der Waals surface area contributed by atoms with E-state index in [1.807, 2.05) is 42.6 Å². The second kappa shape index (κ2) is 4.94. The predicted molar refractivity (Wildman–Crippen MR) is 74.2 cm³/mol. The lowest BCUT2D eigenvalue weighted by Crippen LogP contribution is -2.33. The van der Waals surface area contributed by atoms with Crippen molar-refractivity contribution in [3.63, 3.8) is 0 Å². The normalized spacial score (nSPS) is 14.1. The predicted octanol–water partition coefficient (Wildman–Crippen LogP) is 3.64. The molecule has 0 aliphatic carbocycles. The zero-order valence-electron chi connectivity index (χ0n) is 10.5. The number of carbonyl (C=O) groups is 1. The minimum Gasteiger partial charge on any atom is -0.481 e. The molecule has 0 amide bonds. The molecule has 0 bridgehead atoms.